The highest BCUT2D eigenvalue weighted by Gasteiger charge is 2.23. The standard InChI is InChI=1S/C49H30N2/c1-12-33(35-21-23-40-42-17-3-8-31-10-5-19-44(48(31)42)46(40)28-35)26-37(14-1)51(39-16-7-25-50-30-39)38-15-2-13-34(27-38)36-22-24-41-43-18-4-9-32-11-6-20-45(49(32)43)47(41)29-36/h1-30H. The van der Waals surface area contributed by atoms with E-state index in [9.17, 15) is 0 Å². The van der Waals surface area contributed by atoms with Crippen LogP contribution < -0.4 is 4.90 Å². The molecule has 1 heterocycles. The third kappa shape index (κ3) is 4.27. The van der Waals surface area contributed by atoms with E-state index in [1.165, 1.54) is 88.3 Å². The topological polar surface area (TPSA) is 16.1 Å². The first kappa shape index (κ1) is 28.1. The van der Waals surface area contributed by atoms with Gasteiger partial charge in [0.25, 0.3) is 0 Å². The Kier molecular flexibility index (Phi) is 5.99. The van der Waals surface area contributed by atoms with Crippen LogP contribution in [0.15, 0.2) is 182 Å². The Labute approximate surface area is 296 Å². The molecule has 9 aromatic rings. The molecule has 0 aliphatic heterocycles. The van der Waals surface area contributed by atoms with Gasteiger partial charge in [0, 0.05) is 17.6 Å². The molecule has 2 aliphatic rings. The van der Waals surface area contributed by atoms with Crippen molar-refractivity contribution in [3.05, 3.63) is 182 Å². The van der Waals surface area contributed by atoms with Crippen molar-refractivity contribution in [2.45, 2.75) is 0 Å². The zero-order valence-corrected chi connectivity index (χ0v) is 27.7. The van der Waals surface area contributed by atoms with Gasteiger partial charge in [-0.1, -0.05) is 121 Å². The van der Waals surface area contributed by atoms with Crippen LogP contribution in [-0.4, -0.2) is 4.98 Å². The van der Waals surface area contributed by atoms with Crippen LogP contribution in [0.25, 0.3) is 88.3 Å². The molecule has 0 saturated heterocycles. The first-order valence-corrected chi connectivity index (χ1v) is 17.5. The minimum Gasteiger partial charge on any atom is -0.309 e. The molecule has 2 nitrogen and oxygen atoms in total. The Morgan fingerprint density at radius 2 is 0.745 bits per heavy atom. The number of fused-ring (bicyclic) bond motifs is 6. The lowest BCUT2D eigenvalue weighted by atomic mass is 9.96. The highest BCUT2D eigenvalue weighted by atomic mass is 15.1. The molecule has 0 radical (unpaired) electrons. The van der Waals surface area contributed by atoms with Crippen LogP contribution in [-0.2, 0) is 0 Å². The van der Waals surface area contributed by atoms with Gasteiger partial charge in [-0.25, -0.2) is 0 Å². The highest BCUT2D eigenvalue weighted by molar-refractivity contribution is 6.16. The predicted molar refractivity (Wildman–Crippen MR) is 214 cm³/mol. The van der Waals surface area contributed by atoms with Crippen molar-refractivity contribution in [1.29, 1.82) is 0 Å². The van der Waals surface area contributed by atoms with Crippen LogP contribution in [0.1, 0.15) is 0 Å². The van der Waals surface area contributed by atoms with E-state index in [1.54, 1.807) is 0 Å². The molecule has 0 N–H and O–H groups in total. The number of pyridine rings is 1. The summed E-state index contributed by atoms with van der Waals surface area (Å²) in [5, 5.41) is 5.30. The average molecular weight is 647 g/mol. The van der Waals surface area contributed by atoms with Crippen LogP contribution in [0.3, 0.4) is 0 Å². The van der Waals surface area contributed by atoms with Crippen LogP contribution >= 0.6 is 0 Å². The van der Waals surface area contributed by atoms with Crippen LogP contribution in [0.4, 0.5) is 17.1 Å². The molecule has 0 spiro atoms. The normalized spacial score (nSPS) is 11.9. The number of benzene rings is 8. The van der Waals surface area contributed by atoms with Crippen LogP contribution in [0.5, 0.6) is 0 Å². The summed E-state index contributed by atoms with van der Waals surface area (Å²) in [6, 6.07) is 62.3. The molecule has 8 aromatic carbocycles. The van der Waals surface area contributed by atoms with Gasteiger partial charge in [0.15, 0.2) is 0 Å². The molecule has 2 heteroatoms. The molecule has 0 bridgehead atoms. The van der Waals surface area contributed by atoms with Gasteiger partial charge < -0.3 is 4.90 Å². The van der Waals surface area contributed by atoms with Gasteiger partial charge in [-0.2, -0.15) is 0 Å². The second-order valence-corrected chi connectivity index (χ2v) is 13.6. The molecular weight excluding hydrogens is 617 g/mol. The van der Waals surface area contributed by atoms with E-state index in [0.717, 1.165) is 17.1 Å². The smallest absolute Gasteiger partial charge is 0.0644 e. The molecule has 0 fully saturated rings. The van der Waals surface area contributed by atoms with E-state index in [4.69, 9.17) is 0 Å². The highest BCUT2D eigenvalue weighted by Crippen LogP contribution is 2.50. The molecule has 236 valence electrons. The predicted octanol–water partition coefficient (Wildman–Crippen LogP) is 13.5. The van der Waals surface area contributed by atoms with E-state index >= 15 is 0 Å². The lowest BCUT2D eigenvalue weighted by Crippen LogP contribution is -2.10. The van der Waals surface area contributed by atoms with Gasteiger partial charge in [-0.15, -0.1) is 0 Å². The number of nitrogens with zero attached hydrogens (tertiary/aromatic N) is 2. The van der Waals surface area contributed by atoms with Crippen molar-refractivity contribution in [2.24, 2.45) is 0 Å². The Balaban J connectivity index is 1.00. The fraction of sp³-hybridized carbons (Fsp3) is 0. The minimum atomic E-state index is 1.01. The average Bonchev–Trinajstić information content (AvgIpc) is 3.70. The van der Waals surface area contributed by atoms with Gasteiger partial charge in [0.05, 0.1) is 11.9 Å². The fourth-order valence-electron chi connectivity index (χ4n) is 8.53. The third-order valence-electron chi connectivity index (χ3n) is 10.8. The summed E-state index contributed by atoms with van der Waals surface area (Å²) in [6.45, 7) is 0. The van der Waals surface area contributed by atoms with Crippen molar-refractivity contribution in [3.63, 3.8) is 0 Å². The zero-order chi connectivity index (χ0) is 33.5. The van der Waals surface area contributed by atoms with Gasteiger partial charge in [0.2, 0.25) is 0 Å². The fourth-order valence-corrected chi connectivity index (χ4v) is 8.53. The molecular formula is C49H30N2. The van der Waals surface area contributed by atoms with Crippen molar-refractivity contribution < 1.29 is 0 Å². The molecule has 1 aromatic heterocycles. The summed E-state index contributed by atoms with van der Waals surface area (Å²) < 4.78 is 0. The van der Waals surface area contributed by atoms with E-state index in [1.807, 2.05) is 18.5 Å². The second kappa shape index (κ2) is 10.9. The third-order valence-corrected chi connectivity index (χ3v) is 10.8. The minimum absolute atomic E-state index is 1.01. The van der Waals surface area contributed by atoms with Crippen molar-refractivity contribution in [3.8, 4) is 66.8 Å². The number of aromatic nitrogens is 1. The van der Waals surface area contributed by atoms with Crippen LogP contribution in [0, 0.1) is 0 Å². The maximum atomic E-state index is 4.53. The largest absolute Gasteiger partial charge is 0.309 e. The van der Waals surface area contributed by atoms with E-state index in [-0.39, 0.29) is 0 Å². The number of rotatable bonds is 5. The SMILES string of the molecule is c1cncc(N(c2cccc(-c3ccc4c(c3)-c3cccc5cccc-4c35)c2)c2cccc(-c3ccc4c(c3)-c3cccc5cccc-4c35)c2)c1. The van der Waals surface area contributed by atoms with Crippen molar-refractivity contribution in [1.82, 2.24) is 4.98 Å². The maximum Gasteiger partial charge on any atom is 0.0644 e. The zero-order valence-electron chi connectivity index (χ0n) is 27.7. The van der Waals surface area contributed by atoms with Gasteiger partial charge in [-0.3, -0.25) is 4.98 Å². The maximum absolute atomic E-state index is 4.53. The number of anilines is 3. The lowest BCUT2D eigenvalue weighted by Gasteiger charge is -2.26. The summed E-state index contributed by atoms with van der Waals surface area (Å²) in [4.78, 5) is 6.84. The Bertz CT molecular complexity index is 2680. The van der Waals surface area contributed by atoms with Gasteiger partial charge >= 0.3 is 0 Å². The summed E-state index contributed by atoms with van der Waals surface area (Å²) in [7, 11) is 0. The molecule has 51 heavy (non-hydrogen) atoms. The van der Waals surface area contributed by atoms with Crippen molar-refractivity contribution in [2.75, 3.05) is 4.90 Å². The molecule has 0 atom stereocenters. The van der Waals surface area contributed by atoms with Gasteiger partial charge in [0.1, 0.15) is 0 Å². The summed E-state index contributed by atoms with van der Waals surface area (Å²) in [6.07, 6.45) is 3.78. The first-order valence-electron chi connectivity index (χ1n) is 17.5. The number of hydrogen-bond donors (Lipinski definition) is 0. The summed E-state index contributed by atoms with van der Waals surface area (Å²) >= 11 is 0. The van der Waals surface area contributed by atoms with E-state index in [0.29, 0.717) is 0 Å². The van der Waals surface area contributed by atoms with Crippen molar-refractivity contribution >= 4 is 38.6 Å². The monoisotopic (exact) mass is 646 g/mol. The number of hydrogen-bond acceptors (Lipinski definition) is 2. The Hall–Kier alpha value is -6.77. The molecule has 11 rings (SSSR count). The summed E-state index contributed by atoms with van der Waals surface area (Å²) in [5.41, 5.74) is 18.4. The summed E-state index contributed by atoms with van der Waals surface area (Å²) in [5.74, 6) is 0. The Morgan fingerprint density at radius 1 is 0.314 bits per heavy atom. The molecule has 2 aliphatic carbocycles. The van der Waals surface area contributed by atoms with Crippen LogP contribution in [0.2, 0.25) is 0 Å². The second-order valence-electron chi connectivity index (χ2n) is 13.6. The van der Waals surface area contributed by atoms with E-state index < -0.39 is 0 Å². The molecule has 0 saturated carbocycles. The lowest BCUT2D eigenvalue weighted by molar-refractivity contribution is 1.23. The molecule has 0 amide bonds. The van der Waals surface area contributed by atoms with Gasteiger partial charge in [-0.05, 0) is 137 Å². The molecule has 0 unspecified atom stereocenters. The Morgan fingerprint density at radius 3 is 1.22 bits per heavy atom. The first-order chi connectivity index (χ1) is 25.3. The van der Waals surface area contributed by atoms with E-state index in [2.05, 4.69) is 174 Å². The quantitative estimate of drug-likeness (QED) is 0.185.